The van der Waals surface area contributed by atoms with Crippen LogP contribution in [0, 0.1) is 12.7 Å². The van der Waals surface area contributed by atoms with Crippen molar-refractivity contribution in [3.8, 4) is 0 Å². The Balaban J connectivity index is 2.21. The summed E-state index contributed by atoms with van der Waals surface area (Å²) in [4.78, 5) is 4.13. The molecule has 1 unspecified atom stereocenters. The summed E-state index contributed by atoms with van der Waals surface area (Å²) in [7, 11) is 0. The summed E-state index contributed by atoms with van der Waals surface area (Å²) in [6.45, 7) is 3.72. The molecule has 1 aromatic heterocycles. The van der Waals surface area contributed by atoms with E-state index in [9.17, 15) is 4.39 Å². The zero-order valence-corrected chi connectivity index (χ0v) is 11.6. The van der Waals surface area contributed by atoms with Crippen molar-refractivity contribution in [3.05, 3.63) is 40.3 Å². The van der Waals surface area contributed by atoms with Gasteiger partial charge in [0.25, 0.3) is 0 Å². The van der Waals surface area contributed by atoms with Gasteiger partial charge in [0.2, 0.25) is 5.89 Å². The van der Waals surface area contributed by atoms with E-state index in [1.807, 2.05) is 13.8 Å². The summed E-state index contributed by atoms with van der Waals surface area (Å²) in [5.74, 6) is 0.914. The third kappa shape index (κ3) is 2.64. The summed E-state index contributed by atoms with van der Waals surface area (Å²) < 4.78 is 19.0. The molecule has 0 saturated carbocycles. The Morgan fingerprint density at radius 1 is 1.50 bits per heavy atom. The monoisotopic (exact) mass is 313 g/mol. The van der Waals surface area contributed by atoms with E-state index in [4.69, 9.17) is 10.2 Å². The van der Waals surface area contributed by atoms with Gasteiger partial charge in [-0.15, -0.1) is 0 Å². The number of oxazole rings is 1. The van der Waals surface area contributed by atoms with Gasteiger partial charge in [-0.3, -0.25) is 0 Å². The van der Waals surface area contributed by atoms with Crippen LogP contribution in [0.1, 0.15) is 24.6 Å². The molecule has 0 amide bonds. The maximum absolute atomic E-state index is 13.2. The molecule has 1 aromatic carbocycles. The minimum atomic E-state index is -0.391. The predicted molar refractivity (Wildman–Crippen MR) is 71.8 cm³/mol. The number of hydrogen-bond donors (Lipinski definition) is 2. The molecule has 0 saturated heterocycles. The van der Waals surface area contributed by atoms with Crippen LogP contribution in [0.15, 0.2) is 27.2 Å². The molecule has 96 valence electrons. The van der Waals surface area contributed by atoms with Gasteiger partial charge < -0.3 is 15.5 Å². The fourth-order valence-electron chi connectivity index (χ4n) is 1.55. The van der Waals surface area contributed by atoms with Crippen molar-refractivity contribution < 1.29 is 8.81 Å². The van der Waals surface area contributed by atoms with E-state index in [0.29, 0.717) is 21.7 Å². The van der Waals surface area contributed by atoms with E-state index in [0.717, 1.165) is 5.76 Å². The molecule has 2 rings (SSSR count). The highest BCUT2D eigenvalue weighted by Crippen LogP contribution is 2.29. The van der Waals surface area contributed by atoms with Gasteiger partial charge in [0, 0.05) is 6.07 Å². The molecule has 2 aromatic rings. The molecule has 18 heavy (non-hydrogen) atoms. The second kappa shape index (κ2) is 4.97. The molecule has 1 atom stereocenters. The van der Waals surface area contributed by atoms with Crippen molar-refractivity contribution in [1.29, 1.82) is 0 Å². The van der Waals surface area contributed by atoms with E-state index in [1.165, 1.54) is 6.07 Å². The first-order valence-corrected chi connectivity index (χ1v) is 6.20. The average Bonchev–Trinajstić information content (AvgIpc) is 2.73. The van der Waals surface area contributed by atoms with Crippen LogP contribution >= 0.6 is 15.9 Å². The van der Waals surface area contributed by atoms with Gasteiger partial charge >= 0.3 is 0 Å². The molecule has 0 aliphatic carbocycles. The van der Waals surface area contributed by atoms with E-state index < -0.39 is 5.82 Å². The van der Waals surface area contributed by atoms with Gasteiger partial charge in [-0.25, -0.2) is 9.37 Å². The van der Waals surface area contributed by atoms with Crippen LogP contribution < -0.4 is 11.1 Å². The smallest absolute Gasteiger partial charge is 0.216 e. The molecule has 0 aliphatic rings. The van der Waals surface area contributed by atoms with Gasteiger partial charge in [0.15, 0.2) is 0 Å². The standard InChI is InChI=1S/C12H13BrFN3O/c1-6-5-16-12(18-6)7(2)17-11-3-8(13)9(14)4-10(11)15/h3-5,7,17H,15H2,1-2H3. The summed E-state index contributed by atoms with van der Waals surface area (Å²) in [5.41, 5.74) is 6.72. The Hall–Kier alpha value is -1.56. The van der Waals surface area contributed by atoms with E-state index in [1.54, 1.807) is 12.3 Å². The lowest BCUT2D eigenvalue weighted by Crippen LogP contribution is -2.09. The second-order valence-electron chi connectivity index (χ2n) is 4.03. The highest BCUT2D eigenvalue weighted by Gasteiger charge is 2.13. The number of aromatic nitrogens is 1. The van der Waals surface area contributed by atoms with E-state index in [-0.39, 0.29) is 6.04 Å². The summed E-state index contributed by atoms with van der Waals surface area (Å²) in [6, 6.07) is 2.70. The van der Waals surface area contributed by atoms with Crippen molar-refractivity contribution in [2.24, 2.45) is 0 Å². The molecule has 0 spiro atoms. The number of rotatable bonds is 3. The number of nitrogen functional groups attached to an aromatic ring is 1. The van der Waals surface area contributed by atoms with Crippen molar-refractivity contribution in [1.82, 2.24) is 4.98 Å². The Morgan fingerprint density at radius 3 is 2.83 bits per heavy atom. The molecular formula is C12H13BrFN3O. The van der Waals surface area contributed by atoms with Gasteiger partial charge in [0.05, 0.1) is 22.0 Å². The second-order valence-corrected chi connectivity index (χ2v) is 4.88. The Morgan fingerprint density at radius 2 is 2.22 bits per heavy atom. The fraction of sp³-hybridized carbons (Fsp3) is 0.250. The largest absolute Gasteiger partial charge is 0.444 e. The number of halogens is 2. The molecule has 6 heteroatoms. The highest BCUT2D eigenvalue weighted by molar-refractivity contribution is 9.10. The van der Waals surface area contributed by atoms with Gasteiger partial charge in [0.1, 0.15) is 17.6 Å². The Kier molecular flexibility index (Phi) is 3.56. The quantitative estimate of drug-likeness (QED) is 0.849. The predicted octanol–water partition coefficient (Wildman–Crippen LogP) is 3.64. The van der Waals surface area contributed by atoms with Crippen LogP contribution in [0.25, 0.3) is 0 Å². The van der Waals surface area contributed by atoms with Crippen molar-refractivity contribution in [2.75, 3.05) is 11.1 Å². The van der Waals surface area contributed by atoms with E-state index in [2.05, 4.69) is 26.2 Å². The lowest BCUT2D eigenvalue weighted by atomic mass is 10.2. The number of nitrogens with zero attached hydrogens (tertiary/aromatic N) is 1. The Labute approximate surface area is 113 Å². The lowest BCUT2D eigenvalue weighted by Gasteiger charge is -2.14. The van der Waals surface area contributed by atoms with Crippen LogP contribution in [-0.2, 0) is 0 Å². The highest BCUT2D eigenvalue weighted by atomic mass is 79.9. The number of hydrogen-bond acceptors (Lipinski definition) is 4. The summed E-state index contributed by atoms with van der Waals surface area (Å²) in [5, 5.41) is 3.13. The maximum atomic E-state index is 13.2. The fourth-order valence-corrected chi connectivity index (χ4v) is 1.90. The topological polar surface area (TPSA) is 64.1 Å². The van der Waals surface area contributed by atoms with Crippen LogP contribution in [0.3, 0.4) is 0 Å². The third-order valence-corrected chi connectivity index (χ3v) is 3.08. The van der Waals surface area contributed by atoms with E-state index >= 15 is 0 Å². The molecule has 0 aliphatic heterocycles. The van der Waals surface area contributed by atoms with Crippen LogP contribution in [0.5, 0.6) is 0 Å². The summed E-state index contributed by atoms with van der Waals surface area (Å²) in [6.07, 6.45) is 1.65. The first kappa shape index (κ1) is 12.9. The average molecular weight is 314 g/mol. The van der Waals surface area contributed by atoms with Crippen LogP contribution in [0.2, 0.25) is 0 Å². The molecular weight excluding hydrogens is 301 g/mol. The number of benzene rings is 1. The molecule has 0 radical (unpaired) electrons. The van der Waals surface area contributed by atoms with Gasteiger partial charge in [-0.1, -0.05) is 0 Å². The number of nitrogens with one attached hydrogen (secondary N) is 1. The van der Waals surface area contributed by atoms with Gasteiger partial charge in [-0.05, 0) is 35.8 Å². The van der Waals surface area contributed by atoms with Crippen LogP contribution in [0.4, 0.5) is 15.8 Å². The summed E-state index contributed by atoms with van der Waals surface area (Å²) >= 11 is 3.12. The molecule has 0 bridgehead atoms. The zero-order chi connectivity index (χ0) is 13.3. The first-order valence-electron chi connectivity index (χ1n) is 5.40. The van der Waals surface area contributed by atoms with Crippen molar-refractivity contribution in [2.45, 2.75) is 19.9 Å². The normalized spacial score (nSPS) is 12.4. The maximum Gasteiger partial charge on any atom is 0.216 e. The Bertz CT molecular complexity index is 570. The third-order valence-electron chi connectivity index (χ3n) is 2.47. The first-order chi connectivity index (χ1) is 8.47. The number of aryl methyl sites for hydroxylation is 1. The molecule has 4 nitrogen and oxygen atoms in total. The lowest BCUT2D eigenvalue weighted by molar-refractivity contribution is 0.454. The van der Waals surface area contributed by atoms with Crippen LogP contribution in [-0.4, -0.2) is 4.98 Å². The SMILES string of the molecule is Cc1cnc(C(C)Nc2cc(Br)c(F)cc2N)o1. The van der Waals surface area contributed by atoms with Crippen molar-refractivity contribution >= 4 is 27.3 Å². The minimum absolute atomic E-state index is 0.154. The minimum Gasteiger partial charge on any atom is -0.444 e. The van der Waals surface area contributed by atoms with Crippen molar-refractivity contribution in [3.63, 3.8) is 0 Å². The molecule has 3 N–H and O–H groups in total. The number of nitrogens with two attached hydrogens (primary N) is 1. The number of anilines is 2. The molecule has 1 heterocycles. The molecule has 0 fully saturated rings. The van der Waals surface area contributed by atoms with Gasteiger partial charge in [-0.2, -0.15) is 0 Å². The zero-order valence-electron chi connectivity index (χ0n) is 10.00.